The maximum atomic E-state index is 12.4. The van der Waals surface area contributed by atoms with Crippen LogP contribution in [0.3, 0.4) is 0 Å². The Kier molecular flexibility index (Phi) is 4.93. The van der Waals surface area contributed by atoms with Crippen LogP contribution in [0.15, 0.2) is 36.0 Å². The number of allylic oxidation sites excluding steroid dienone is 2. The highest BCUT2D eigenvalue weighted by Crippen LogP contribution is 2.49. The van der Waals surface area contributed by atoms with E-state index < -0.39 is 5.60 Å². The molecule has 0 bridgehead atoms. The number of epoxide rings is 1. The van der Waals surface area contributed by atoms with Gasteiger partial charge in [-0.3, -0.25) is 10.1 Å². The fraction of sp³-hybridized carbons (Fsp3) is 0.650. The second-order valence-corrected chi connectivity index (χ2v) is 8.14. The van der Waals surface area contributed by atoms with Gasteiger partial charge in [-0.2, -0.15) is 0 Å². The van der Waals surface area contributed by atoms with Gasteiger partial charge in [0, 0.05) is 5.92 Å². The van der Waals surface area contributed by atoms with Gasteiger partial charge in [-0.15, -0.1) is 0 Å². The van der Waals surface area contributed by atoms with Crippen LogP contribution in [-0.2, 0) is 19.2 Å². The van der Waals surface area contributed by atoms with E-state index in [1.165, 1.54) is 0 Å². The lowest BCUT2D eigenvalue weighted by Crippen LogP contribution is -2.36. The van der Waals surface area contributed by atoms with Gasteiger partial charge in [-0.25, -0.2) is 4.89 Å². The standard InChI is InChI=1S/C20H28O5/c1-13-7-8-16-20(4,24-16)11-9-15-14(12-23-18(21)17(13)15)6-5-10-19(2,3)25-22/h5-6,10,15-17,22H,1,7-9,11-12H2,2-4H3/b10-5+,14-6+/t15-,16+,17+,20+/m1/s1. The van der Waals surface area contributed by atoms with Gasteiger partial charge in [0.1, 0.15) is 12.2 Å². The average molecular weight is 348 g/mol. The summed E-state index contributed by atoms with van der Waals surface area (Å²) in [6, 6.07) is 0. The molecule has 3 rings (SSSR count). The molecule has 1 N–H and O–H groups in total. The normalized spacial score (nSPS) is 37.8. The van der Waals surface area contributed by atoms with Crippen LogP contribution in [0.1, 0.15) is 46.5 Å². The van der Waals surface area contributed by atoms with Crippen molar-refractivity contribution in [2.45, 2.75) is 63.8 Å². The topological polar surface area (TPSA) is 68.3 Å². The molecule has 1 saturated carbocycles. The minimum atomic E-state index is -0.758. The number of hydrogen-bond donors (Lipinski definition) is 1. The van der Waals surface area contributed by atoms with Crippen LogP contribution in [0, 0.1) is 11.8 Å². The molecule has 0 unspecified atom stereocenters. The van der Waals surface area contributed by atoms with Crippen molar-refractivity contribution in [3.8, 4) is 0 Å². The summed E-state index contributed by atoms with van der Waals surface area (Å²) in [4.78, 5) is 16.8. The van der Waals surface area contributed by atoms with E-state index in [-0.39, 0.29) is 29.5 Å². The van der Waals surface area contributed by atoms with Gasteiger partial charge in [0.15, 0.2) is 0 Å². The smallest absolute Gasteiger partial charge is 0.313 e. The fourth-order valence-corrected chi connectivity index (χ4v) is 3.93. The lowest BCUT2D eigenvalue weighted by Gasteiger charge is -2.34. The van der Waals surface area contributed by atoms with Crippen molar-refractivity contribution in [1.29, 1.82) is 0 Å². The fourth-order valence-electron chi connectivity index (χ4n) is 3.93. The first-order valence-electron chi connectivity index (χ1n) is 8.99. The van der Waals surface area contributed by atoms with Crippen LogP contribution in [0.2, 0.25) is 0 Å². The summed E-state index contributed by atoms with van der Waals surface area (Å²) in [6.45, 7) is 10.2. The summed E-state index contributed by atoms with van der Waals surface area (Å²) in [5.41, 5.74) is 1.22. The average Bonchev–Trinajstić information content (AvgIpc) is 3.21. The Hall–Kier alpha value is -1.43. The Morgan fingerprint density at radius 3 is 2.88 bits per heavy atom. The van der Waals surface area contributed by atoms with Crippen LogP contribution in [0.4, 0.5) is 0 Å². The van der Waals surface area contributed by atoms with E-state index in [0.717, 1.165) is 36.8 Å². The second kappa shape index (κ2) is 6.71. The van der Waals surface area contributed by atoms with E-state index in [0.29, 0.717) is 6.61 Å². The Labute approximate surface area is 149 Å². The molecule has 1 aliphatic carbocycles. The molecule has 2 saturated heterocycles. The quantitative estimate of drug-likeness (QED) is 0.276. The molecule has 3 aliphatic rings. The van der Waals surface area contributed by atoms with Gasteiger partial charge < -0.3 is 9.47 Å². The van der Waals surface area contributed by atoms with Crippen LogP contribution < -0.4 is 0 Å². The van der Waals surface area contributed by atoms with Crippen molar-refractivity contribution in [1.82, 2.24) is 0 Å². The van der Waals surface area contributed by atoms with E-state index in [1.54, 1.807) is 19.9 Å². The van der Waals surface area contributed by atoms with Gasteiger partial charge in [0.25, 0.3) is 0 Å². The van der Waals surface area contributed by atoms with E-state index in [1.807, 2.05) is 12.2 Å². The number of ether oxygens (including phenoxy) is 2. The molecule has 4 atom stereocenters. The molecule has 0 aromatic carbocycles. The number of carbonyl (C=O) groups is 1. The van der Waals surface area contributed by atoms with Crippen molar-refractivity contribution in [2.75, 3.05) is 6.61 Å². The molecule has 0 amide bonds. The number of esters is 1. The molecule has 0 spiro atoms. The lowest BCUT2D eigenvalue weighted by atomic mass is 9.76. The molecule has 0 aromatic rings. The van der Waals surface area contributed by atoms with Gasteiger partial charge >= 0.3 is 5.97 Å². The summed E-state index contributed by atoms with van der Waals surface area (Å²) in [7, 11) is 0. The molecule has 138 valence electrons. The van der Waals surface area contributed by atoms with Crippen molar-refractivity contribution in [3.63, 3.8) is 0 Å². The molecule has 2 aliphatic heterocycles. The third-order valence-electron chi connectivity index (χ3n) is 5.71. The zero-order valence-corrected chi connectivity index (χ0v) is 15.3. The van der Waals surface area contributed by atoms with Crippen molar-refractivity contribution >= 4 is 5.97 Å². The van der Waals surface area contributed by atoms with E-state index in [9.17, 15) is 4.79 Å². The summed E-state index contributed by atoms with van der Waals surface area (Å²) in [5, 5.41) is 8.88. The van der Waals surface area contributed by atoms with Crippen molar-refractivity contribution < 1.29 is 24.4 Å². The number of cyclic esters (lactones) is 1. The first-order valence-corrected chi connectivity index (χ1v) is 8.99. The monoisotopic (exact) mass is 348 g/mol. The third-order valence-corrected chi connectivity index (χ3v) is 5.71. The van der Waals surface area contributed by atoms with Crippen molar-refractivity contribution in [2.24, 2.45) is 11.8 Å². The number of fused-ring (bicyclic) bond motifs is 2. The molecule has 0 aromatic heterocycles. The number of carbonyl (C=O) groups excluding carboxylic acids is 1. The number of hydrogen-bond acceptors (Lipinski definition) is 5. The first-order chi connectivity index (χ1) is 11.8. The largest absolute Gasteiger partial charge is 0.461 e. The van der Waals surface area contributed by atoms with Gasteiger partial charge in [0.2, 0.25) is 0 Å². The zero-order valence-electron chi connectivity index (χ0n) is 15.3. The van der Waals surface area contributed by atoms with Gasteiger partial charge in [-0.1, -0.05) is 30.4 Å². The summed E-state index contributed by atoms with van der Waals surface area (Å²) in [6.07, 6.45) is 9.43. The summed E-state index contributed by atoms with van der Waals surface area (Å²) in [5.74, 6) is -0.329. The lowest BCUT2D eigenvalue weighted by molar-refractivity contribution is -0.297. The summed E-state index contributed by atoms with van der Waals surface area (Å²) >= 11 is 0. The molecule has 25 heavy (non-hydrogen) atoms. The molecule has 0 radical (unpaired) electrons. The molecule has 2 heterocycles. The van der Waals surface area contributed by atoms with Gasteiger partial charge in [-0.05, 0) is 52.0 Å². The van der Waals surface area contributed by atoms with Crippen LogP contribution in [-0.4, -0.2) is 35.1 Å². The molecular weight excluding hydrogens is 320 g/mol. The van der Waals surface area contributed by atoms with E-state index >= 15 is 0 Å². The molecule has 5 nitrogen and oxygen atoms in total. The minimum absolute atomic E-state index is 0.0514. The SMILES string of the molecule is C=C1CC[C@@H]2O[C@@]2(C)CC[C@@H]2/C(=C/C=C/C(C)(C)OO)COC(=O)[C@@H]12. The van der Waals surface area contributed by atoms with Crippen LogP contribution in [0.25, 0.3) is 0 Å². The Bertz CT molecular complexity index is 618. The zero-order chi connectivity index (χ0) is 18.2. The van der Waals surface area contributed by atoms with Gasteiger partial charge in [0.05, 0.1) is 17.6 Å². The maximum absolute atomic E-state index is 12.4. The highest BCUT2D eigenvalue weighted by atomic mass is 17.1. The van der Waals surface area contributed by atoms with E-state index in [4.69, 9.17) is 14.7 Å². The molecule has 3 fully saturated rings. The maximum Gasteiger partial charge on any atom is 0.313 e. The number of rotatable bonds is 3. The third kappa shape index (κ3) is 3.89. The Morgan fingerprint density at radius 1 is 1.40 bits per heavy atom. The van der Waals surface area contributed by atoms with Crippen LogP contribution >= 0.6 is 0 Å². The predicted octanol–water partition coefficient (Wildman–Crippen LogP) is 3.81. The Morgan fingerprint density at radius 2 is 2.16 bits per heavy atom. The molecular formula is C20H28O5. The van der Waals surface area contributed by atoms with Crippen LogP contribution in [0.5, 0.6) is 0 Å². The second-order valence-electron chi connectivity index (χ2n) is 8.14. The van der Waals surface area contributed by atoms with E-state index in [2.05, 4.69) is 18.4 Å². The predicted molar refractivity (Wildman–Crippen MR) is 93.8 cm³/mol. The highest BCUT2D eigenvalue weighted by Gasteiger charge is 2.53. The molecule has 5 heteroatoms. The van der Waals surface area contributed by atoms with Crippen molar-refractivity contribution in [3.05, 3.63) is 36.0 Å². The highest BCUT2D eigenvalue weighted by molar-refractivity contribution is 5.78. The Balaban J connectivity index is 1.84. The first kappa shape index (κ1) is 18.4. The minimum Gasteiger partial charge on any atom is -0.461 e. The summed E-state index contributed by atoms with van der Waals surface area (Å²) < 4.78 is 11.3.